The van der Waals surface area contributed by atoms with Crippen molar-refractivity contribution in [3.8, 4) is 0 Å². The first kappa shape index (κ1) is 12.9. The number of nitrogens with zero attached hydrogens (tertiary/aromatic N) is 1. The molecule has 0 amide bonds. The monoisotopic (exact) mass is 254 g/mol. The largest absolute Gasteiger partial charge is 0.394 e. The van der Waals surface area contributed by atoms with Gasteiger partial charge >= 0.3 is 0 Å². The molecule has 0 bridgehead atoms. The minimum Gasteiger partial charge on any atom is -0.394 e. The van der Waals surface area contributed by atoms with Gasteiger partial charge in [0.25, 0.3) is 0 Å². The summed E-state index contributed by atoms with van der Waals surface area (Å²) in [5, 5.41) is 9.49. The van der Waals surface area contributed by atoms with Gasteiger partial charge in [-0.05, 0) is 44.9 Å². The molecule has 1 aliphatic heterocycles. The highest BCUT2D eigenvalue weighted by Crippen LogP contribution is 2.36. The lowest BCUT2D eigenvalue weighted by atomic mass is 9.79. The van der Waals surface area contributed by atoms with Gasteiger partial charge in [-0.1, -0.05) is 0 Å². The number of aliphatic hydroxyl groups excluding tert-OH is 1. The van der Waals surface area contributed by atoms with Gasteiger partial charge in [-0.3, -0.25) is 4.90 Å². The standard InChI is InChI=1S/C14H26N2O2/c15-14(10-17)6-2-3-11(9-14)16-7-8-18-13-5-1-4-12(13)16/h11-13,17H,1-10,15H2. The van der Waals surface area contributed by atoms with E-state index in [0.717, 1.165) is 32.4 Å². The fourth-order valence-corrected chi connectivity index (χ4v) is 4.20. The van der Waals surface area contributed by atoms with Crippen LogP contribution in [0.25, 0.3) is 0 Å². The number of fused-ring (bicyclic) bond motifs is 1. The van der Waals surface area contributed by atoms with Gasteiger partial charge in [0.2, 0.25) is 0 Å². The van der Waals surface area contributed by atoms with Gasteiger partial charge in [-0.2, -0.15) is 0 Å². The summed E-state index contributed by atoms with van der Waals surface area (Å²) in [6.45, 7) is 2.05. The predicted molar refractivity (Wildman–Crippen MR) is 70.3 cm³/mol. The van der Waals surface area contributed by atoms with E-state index in [1.54, 1.807) is 0 Å². The summed E-state index contributed by atoms with van der Waals surface area (Å²) in [6.07, 6.45) is 8.57. The van der Waals surface area contributed by atoms with Gasteiger partial charge in [-0.15, -0.1) is 0 Å². The fraction of sp³-hybridized carbons (Fsp3) is 1.00. The second-order valence-corrected chi connectivity index (χ2v) is 6.42. The Balaban J connectivity index is 1.69. The smallest absolute Gasteiger partial charge is 0.0731 e. The molecule has 0 radical (unpaired) electrons. The number of morpholine rings is 1. The van der Waals surface area contributed by atoms with Gasteiger partial charge in [0.15, 0.2) is 0 Å². The molecule has 3 N–H and O–H groups in total. The molecule has 4 atom stereocenters. The van der Waals surface area contributed by atoms with Crippen molar-refractivity contribution < 1.29 is 9.84 Å². The Kier molecular flexibility index (Phi) is 3.63. The topological polar surface area (TPSA) is 58.7 Å². The summed E-state index contributed by atoms with van der Waals surface area (Å²) in [7, 11) is 0. The van der Waals surface area contributed by atoms with Crippen LogP contribution in [-0.2, 0) is 4.74 Å². The molecule has 4 heteroatoms. The van der Waals surface area contributed by atoms with Crippen LogP contribution in [0.3, 0.4) is 0 Å². The Morgan fingerprint density at radius 3 is 3.00 bits per heavy atom. The van der Waals surface area contributed by atoms with Crippen molar-refractivity contribution in [3.05, 3.63) is 0 Å². The SMILES string of the molecule is NC1(CO)CCCC(N2CCOC3CCCC32)C1. The van der Waals surface area contributed by atoms with Crippen LogP contribution in [0.4, 0.5) is 0 Å². The third-order valence-electron chi connectivity index (χ3n) is 5.16. The van der Waals surface area contributed by atoms with Gasteiger partial charge in [0, 0.05) is 24.2 Å². The minimum absolute atomic E-state index is 0.127. The zero-order valence-electron chi connectivity index (χ0n) is 11.2. The molecule has 1 heterocycles. The second kappa shape index (κ2) is 5.08. The zero-order chi connectivity index (χ0) is 12.6. The first-order chi connectivity index (χ1) is 8.72. The Hall–Kier alpha value is -0.160. The lowest BCUT2D eigenvalue weighted by Gasteiger charge is -2.47. The van der Waals surface area contributed by atoms with Crippen LogP contribution < -0.4 is 5.73 Å². The minimum atomic E-state index is -0.338. The summed E-state index contributed by atoms with van der Waals surface area (Å²) >= 11 is 0. The third kappa shape index (κ3) is 2.31. The molecule has 104 valence electrons. The number of nitrogens with two attached hydrogens (primary N) is 1. The molecule has 2 aliphatic carbocycles. The van der Waals surface area contributed by atoms with Gasteiger partial charge in [0.05, 0.1) is 19.3 Å². The van der Waals surface area contributed by atoms with Gasteiger partial charge in [0.1, 0.15) is 0 Å². The molecule has 2 saturated carbocycles. The number of hydrogen-bond donors (Lipinski definition) is 2. The molecule has 3 fully saturated rings. The van der Waals surface area contributed by atoms with Gasteiger partial charge < -0.3 is 15.6 Å². The number of hydrogen-bond acceptors (Lipinski definition) is 4. The van der Waals surface area contributed by atoms with Crippen molar-refractivity contribution in [3.63, 3.8) is 0 Å². The van der Waals surface area contributed by atoms with Crippen molar-refractivity contribution in [2.75, 3.05) is 19.8 Å². The quantitative estimate of drug-likeness (QED) is 0.768. The van der Waals surface area contributed by atoms with Crippen LogP contribution in [0.5, 0.6) is 0 Å². The van der Waals surface area contributed by atoms with Crippen LogP contribution >= 0.6 is 0 Å². The van der Waals surface area contributed by atoms with E-state index in [1.807, 2.05) is 0 Å². The predicted octanol–water partition coefficient (Wildman–Crippen LogP) is 0.872. The molecule has 3 rings (SSSR count). The van der Waals surface area contributed by atoms with Crippen LogP contribution in [0, 0.1) is 0 Å². The maximum atomic E-state index is 9.49. The average molecular weight is 254 g/mol. The highest BCUT2D eigenvalue weighted by Gasteiger charge is 2.42. The highest BCUT2D eigenvalue weighted by atomic mass is 16.5. The maximum absolute atomic E-state index is 9.49. The summed E-state index contributed by atoms with van der Waals surface area (Å²) in [5.74, 6) is 0. The molecule has 4 nitrogen and oxygen atoms in total. The molecule has 1 saturated heterocycles. The Labute approximate surface area is 109 Å². The van der Waals surface area contributed by atoms with E-state index in [9.17, 15) is 5.11 Å². The van der Waals surface area contributed by atoms with Crippen molar-refractivity contribution in [2.24, 2.45) is 5.73 Å². The molecule has 0 spiro atoms. The van der Waals surface area contributed by atoms with E-state index in [0.29, 0.717) is 18.2 Å². The highest BCUT2D eigenvalue weighted by molar-refractivity contribution is 4.98. The normalized spacial score (nSPS) is 46.0. The maximum Gasteiger partial charge on any atom is 0.0731 e. The van der Waals surface area contributed by atoms with Crippen LogP contribution in [0.1, 0.15) is 44.9 Å². The Morgan fingerprint density at radius 2 is 2.17 bits per heavy atom. The summed E-state index contributed by atoms with van der Waals surface area (Å²) < 4.78 is 5.88. The molecule has 0 aromatic heterocycles. The van der Waals surface area contributed by atoms with E-state index in [2.05, 4.69) is 4.90 Å². The third-order valence-corrected chi connectivity index (χ3v) is 5.16. The molecule has 0 aromatic carbocycles. The van der Waals surface area contributed by atoms with Gasteiger partial charge in [-0.25, -0.2) is 0 Å². The van der Waals surface area contributed by atoms with E-state index >= 15 is 0 Å². The van der Waals surface area contributed by atoms with E-state index in [-0.39, 0.29) is 12.1 Å². The summed E-state index contributed by atoms with van der Waals surface area (Å²) in [5.41, 5.74) is 5.95. The lowest BCUT2D eigenvalue weighted by molar-refractivity contribution is -0.0822. The van der Waals surface area contributed by atoms with Crippen LogP contribution in [-0.4, -0.2) is 53.5 Å². The first-order valence-corrected chi connectivity index (χ1v) is 7.49. The van der Waals surface area contributed by atoms with Crippen molar-refractivity contribution in [1.29, 1.82) is 0 Å². The summed E-state index contributed by atoms with van der Waals surface area (Å²) in [4.78, 5) is 2.65. The second-order valence-electron chi connectivity index (χ2n) is 6.42. The molecular weight excluding hydrogens is 228 g/mol. The van der Waals surface area contributed by atoms with Crippen molar-refractivity contribution in [1.82, 2.24) is 4.90 Å². The van der Waals surface area contributed by atoms with E-state index in [1.165, 1.54) is 25.7 Å². The molecule has 18 heavy (non-hydrogen) atoms. The fourth-order valence-electron chi connectivity index (χ4n) is 4.20. The number of ether oxygens (including phenoxy) is 1. The van der Waals surface area contributed by atoms with Crippen LogP contribution in [0.15, 0.2) is 0 Å². The Morgan fingerprint density at radius 1 is 1.28 bits per heavy atom. The van der Waals surface area contributed by atoms with Crippen molar-refractivity contribution >= 4 is 0 Å². The van der Waals surface area contributed by atoms with Crippen molar-refractivity contribution in [2.45, 2.75) is 68.7 Å². The average Bonchev–Trinajstić information content (AvgIpc) is 2.87. The molecular formula is C14H26N2O2. The zero-order valence-corrected chi connectivity index (χ0v) is 11.2. The lowest BCUT2D eigenvalue weighted by Crippen LogP contribution is -2.58. The molecule has 4 unspecified atom stereocenters. The number of rotatable bonds is 2. The molecule has 0 aromatic rings. The van der Waals surface area contributed by atoms with E-state index in [4.69, 9.17) is 10.5 Å². The number of aliphatic hydroxyl groups is 1. The Bertz CT molecular complexity index is 300. The van der Waals surface area contributed by atoms with E-state index < -0.39 is 0 Å². The summed E-state index contributed by atoms with van der Waals surface area (Å²) in [6, 6.07) is 1.18. The van der Waals surface area contributed by atoms with Crippen LogP contribution in [0.2, 0.25) is 0 Å². The first-order valence-electron chi connectivity index (χ1n) is 7.49. The molecule has 3 aliphatic rings.